The van der Waals surface area contributed by atoms with Crippen molar-refractivity contribution >= 4 is 48.7 Å². The molecule has 8 nitrogen and oxygen atoms in total. The number of halogens is 1. The zero-order valence-corrected chi connectivity index (χ0v) is 20.3. The molecule has 10 heteroatoms. The van der Waals surface area contributed by atoms with Gasteiger partial charge >= 0.3 is 0 Å². The van der Waals surface area contributed by atoms with Crippen molar-refractivity contribution in [2.45, 2.75) is 50.0 Å². The minimum Gasteiger partial charge on any atom is -0.394 e. The fraction of sp³-hybridized carbons (Fsp3) is 0.429. The van der Waals surface area contributed by atoms with Crippen LogP contribution in [0.15, 0.2) is 45.9 Å². The highest BCUT2D eigenvalue weighted by molar-refractivity contribution is 9.10. The van der Waals surface area contributed by atoms with E-state index in [-0.39, 0.29) is 17.0 Å². The molecule has 0 atom stereocenters. The van der Waals surface area contributed by atoms with E-state index in [1.807, 2.05) is 19.9 Å². The number of fused-ring (bicyclic) bond motifs is 1. The SMILES string of the molecule is CC.CS(=O)(=O)c1ccc(Nc2cc(NC3(CO)CCCC3)nc3c(Br)cnn23)cc1. The fourth-order valence-corrected chi connectivity index (χ4v) is 4.65. The van der Waals surface area contributed by atoms with E-state index in [1.165, 1.54) is 6.26 Å². The summed E-state index contributed by atoms with van der Waals surface area (Å²) in [6.45, 7) is 4.05. The van der Waals surface area contributed by atoms with Crippen molar-refractivity contribution in [3.05, 3.63) is 41.0 Å². The van der Waals surface area contributed by atoms with E-state index in [1.54, 1.807) is 35.0 Å². The van der Waals surface area contributed by atoms with Gasteiger partial charge in [0.05, 0.1) is 27.7 Å². The second kappa shape index (κ2) is 9.54. The largest absolute Gasteiger partial charge is 0.394 e. The minimum atomic E-state index is -3.25. The molecule has 1 saturated carbocycles. The van der Waals surface area contributed by atoms with Crippen LogP contribution in [-0.4, -0.2) is 46.5 Å². The quantitative estimate of drug-likeness (QED) is 0.452. The van der Waals surface area contributed by atoms with Crippen LogP contribution in [0.4, 0.5) is 17.3 Å². The average molecular weight is 510 g/mol. The molecule has 0 saturated heterocycles. The Bertz CT molecular complexity index is 1140. The van der Waals surface area contributed by atoms with Crippen LogP contribution in [0, 0.1) is 0 Å². The number of benzene rings is 1. The highest BCUT2D eigenvalue weighted by atomic mass is 79.9. The van der Waals surface area contributed by atoms with Gasteiger partial charge < -0.3 is 15.7 Å². The first kappa shape index (κ1) is 23.5. The Morgan fingerprint density at radius 3 is 2.42 bits per heavy atom. The Morgan fingerprint density at radius 2 is 1.84 bits per heavy atom. The number of aliphatic hydroxyl groups excluding tert-OH is 1. The van der Waals surface area contributed by atoms with Crippen molar-refractivity contribution in [1.29, 1.82) is 0 Å². The Morgan fingerprint density at radius 1 is 1.19 bits per heavy atom. The first-order chi connectivity index (χ1) is 14.8. The summed E-state index contributed by atoms with van der Waals surface area (Å²) >= 11 is 3.48. The Hall–Kier alpha value is -2.17. The number of aliphatic hydroxyl groups is 1. The summed E-state index contributed by atoms with van der Waals surface area (Å²) in [5.74, 6) is 1.31. The number of aromatic nitrogens is 3. The summed E-state index contributed by atoms with van der Waals surface area (Å²) in [5.41, 5.74) is 1.00. The molecule has 168 valence electrons. The van der Waals surface area contributed by atoms with Crippen molar-refractivity contribution in [2.75, 3.05) is 23.5 Å². The molecule has 0 aliphatic heterocycles. The Kier molecular flexibility index (Phi) is 7.23. The normalized spacial score (nSPS) is 15.4. The van der Waals surface area contributed by atoms with Gasteiger partial charge in [-0.3, -0.25) is 0 Å². The molecule has 0 amide bonds. The molecule has 0 unspecified atom stereocenters. The summed E-state index contributed by atoms with van der Waals surface area (Å²) in [7, 11) is -3.25. The van der Waals surface area contributed by atoms with E-state index in [9.17, 15) is 13.5 Å². The lowest BCUT2D eigenvalue weighted by atomic mass is 9.99. The molecular weight excluding hydrogens is 482 g/mol. The van der Waals surface area contributed by atoms with Crippen molar-refractivity contribution in [2.24, 2.45) is 0 Å². The third-order valence-electron chi connectivity index (χ3n) is 5.24. The van der Waals surface area contributed by atoms with Crippen LogP contribution in [-0.2, 0) is 9.84 Å². The van der Waals surface area contributed by atoms with Gasteiger partial charge in [0.1, 0.15) is 11.6 Å². The third kappa shape index (κ3) is 5.19. The molecule has 31 heavy (non-hydrogen) atoms. The number of nitrogens with zero attached hydrogens (tertiary/aromatic N) is 3. The summed E-state index contributed by atoms with van der Waals surface area (Å²) in [6.07, 6.45) is 6.79. The van der Waals surface area contributed by atoms with Crippen LogP contribution < -0.4 is 10.6 Å². The maximum absolute atomic E-state index is 11.7. The van der Waals surface area contributed by atoms with E-state index in [4.69, 9.17) is 0 Å². The predicted octanol–water partition coefficient (Wildman–Crippen LogP) is 4.38. The van der Waals surface area contributed by atoms with Gasteiger partial charge in [0, 0.05) is 18.0 Å². The number of hydrogen-bond acceptors (Lipinski definition) is 7. The summed E-state index contributed by atoms with van der Waals surface area (Å²) in [5, 5.41) is 21.0. The van der Waals surface area contributed by atoms with E-state index in [2.05, 4.69) is 36.6 Å². The molecule has 2 aromatic heterocycles. The molecule has 2 heterocycles. The topological polar surface area (TPSA) is 109 Å². The van der Waals surface area contributed by atoms with E-state index in [0.29, 0.717) is 17.3 Å². The number of nitrogens with one attached hydrogen (secondary N) is 2. The molecular formula is C21H28BrN5O3S. The van der Waals surface area contributed by atoms with Gasteiger partial charge in [-0.25, -0.2) is 13.4 Å². The Labute approximate surface area is 191 Å². The molecule has 1 aliphatic rings. The lowest BCUT2D eigenvalue weighted by Gasteiger charge is -2.29. The molecule has 1 fully saturated rings. The average Bonchev–Trinajstić information content (AvgIpc) is 3.37. The van der Waals surface area contributed by atoms with Gasteiger partial charge in [0.2, 0.25) is 0 Å². The van der Waals surface area contributed by atoms with Crippen LogP contribution in [0.25, 0.3) is 5.65 Å². The summed E-state index contributed by atoms with van der Waals surface area (Å²) in [4.78, 5) is 4.91. The third-order valence-corrected chi connectivity index (χ3v) is 6.93. The molecule has 3 aromatic rings. The van der Waals surface area contributed by atoms with Crippen molar-refractivity contribution in [3.63, 3.8) is 0 Å². The van der Waals surface area contributed by atoms with Gasteiger partial charge in [-0.05, 0) is 53.0 Å². The molecule has 0 spiro atoms. The standard InChI is InChI=1S/C19H22BrN5O3S.C2H6/c1-29(27,28)14-6-4-13(5-7-14)22-17-10-16(23-18-15(20)11-21-25(17)18)24-19(12-26)8-2-3-9-19;1-2/h4-7,10-11,22,26H,2-3,8-9,12H2,1H3,(H,23,24);1-2H3. The highest BCUT2D eigenvalue weighted by Crippen LogP contribution is 2.34. The monoisotopic (exact) mass is 509 g/mol. The van der Waals surface area contributed by atoms with Gasteiger partial charge in [0.25, 0.3) is 0 Å². The number of sulfone groups is 1. The lowest BCUT2D eigenvalue weighted by Crippen LogP contribution is -2.39. The molecule has 1 aliphatic carbocycles. The second-order valence-corrected chi connectivity index (χ2v) is 10.3. The van der Waals surface area contributed by atoms with Gasteiger partial charge in [-0.2, -0.15) is 9.61 Å². The van der Waals surface area contributed by atoms with E-state index >= 15 is 0 Å². The van der Waals surface area contributed by atoms with Gasteiger partial charge in [-0.1, -0.05) is 26.7 Å². The van der Waals surface area contributed by atoms with Crippen LogP contribution in [0.2, 0.25) is 0 Å². The van der Waals surface area contributed by atoms with E-state index in [0.717, 1.165) is 35.8 Å². The van der Waals surface area contributed by atoms with Crippen molar-refractivity contribution < 1.29 is 13.5 Å². The summed E-state index contributed by atoms with van der Waals surface area (Å²) < 4.78 is 25.8. The number of hydrogen-bond donors (Lipinski definition) is 3. The van der Waals surface area contributed by atoms with E-state index < -0.39 is 9.84 Å². The molecule has 3 N–H and O–H groups in total. The van der Waals surface area contributed by atoms with Gasteiger partial charge in [-0.15, -0.1) is 0 Å². The second-order valence-electron chi connectivity index (χ2n) is 7.45. The molecule has 0 radical (unpaired) electrons. The maximum Gasteiger partial charge on any atom is 0.175 e. The molecule has 1 aromatic carbocycles. The summed E-state index contributed by atoms with van der Waals surface area (Å²) in [6, 6.07) is 8.38. The molecule has 0 bridgehead atoms. The first-order valence-corrected chi connectivity index (χ1v) is 13.0. The van der Waals surface area contributed by atoms with Crippen LogP contribution in [0.5, 0.6) is 0 Å². The lowest BCUT2D eigenvalue weighted by molar-refractivity contribution is 0.214. The highest BCUT2D eigenvalue weighted by Gasteiger charge is 2.33. The first-order valence-electron chi connectivity index (χ1n) is 10.3. The number of rotatable bonds is 6. The Balaban J connectivity index is 0.00000132. The zero-order valence-electron chi connectivity index (χ0n) is 17.9. The predicted molar refractivity (Wildman–Crippen MR) is 127 cm³/mol. The minimum absolute atomic E-state index is 0.0516. The number of anilines is 3. The van der Waals surface area contributed by atoms with Crippen LogP contribution in [0.1, 0.15) is 39.5 Å². The smallest absolute Gasteiger partial charge is 0.175 e. The maximum atomic E-state index is 11.7. The van der Waals surface area contributed by atoms with Gasteiger partial charge in [0.15, 0.2) is 15.5 Å². The zero-order chi connectivity index (χ0) is 22.6. The van der Waals surface area contributed by atoms with Crippen molar-refractivity contribution in [3.8, 4) is 0 Å². The fourth-order valence-electron chi connectivity index (χ4n) is 3.67. The van der Waals surface area contributed by atoms with Crippen LogP contribution in [0.3, 0.4) is 0 Å². The van der Waals surface area contributed by atoms with Crippen molar-refractivity contribution in [1.82, 2.24) is 14.6 Å². The molecule has 4 rings (SSSR count). The van der Waals surface area contributed by atoms with Crippen LogP contribution >= 0.6 is 15.9 Å².